The summed E-state index contributed by atoms with van der Waals surface area (Å²) in [4.78, 5) is 11.3. The molecule has 124 valence electrons. The van der Waals surface area contributed by atoms with E-state index in [4.69, 9.17) is 4.74 Å². The molecule has 2 aromatic heterocycles. The van der Waals surface area contributed by atoms with Gasteiger partial charge in [0.1, 0.15) is 12.1 Å². The van der Waals surface area contributed by atoms with Gasteiger partial charge in [-0.1, -0.05) is 30.3 Å². The summed E-state index contributed by atoms with van der Waals surface area (Å²) in [7, 11) is 0. The molecule has 1 aliphatic rings. The average Bonchev–Trinajstić information content (AvgIpc) is 3.13. The van der Waals surface area contributed by atoms with E-state index >= 15 is 0 Å². The molecule has 1 fully saturated rings. The molecule has 0 radical (unpaired) electrons. The molecule has 0 saturated carbocycles. The minimum atomic E-state index is 0.185. The highest BCUT2D eigenvalue weighted by atomic mass is 32.1. The Morgan fingerprint density at radius 1 is 1.12 bits per heavy atom. The first kappa shape index (κ1) is 15.5. The number of ether oxygens (including phenoxy) is 1. The Hall–Kier alpha value is -2.02. The third kappa shape index (κ3) is 3.40. The van der Waals surface area contributed by atoms with Gasteiger partial charge in [0.2, 0.25) is 0 Å². The summed E-state index contributed by atoms with van der Waals surface area (Å²) in [6.07, 6.45) is 1.63. The number of benzene rings is 1. The summed E-state index contributed by atoms with van der Waals surface area (Å²) in [5, 5.41) is 5.71. The minimum absolute atomic E-state index is 0.185. The molecule has 0 bridgehead atoms. The second-order valence-corrected chi connectivity index (χ2v) is 6.79. The van der Waals surface area contributed by atoms with Crippen LogP contribution in [0.5, 0.6) is 0 Å². The number of hydrogen-bond donors (Lipinski definition) is 1. The number of aromatic nitrogens is 2. The number of nitrogens with one attached hydrogen (secondary N) is 1. The molecule has 0 aliphatic carbocycles. The van der Waals surface area contributed by atoms with Crippen LogP contribution in [-0.2, 0) is 4.74 Å². The Labute approximate surface area is 145 Å². The molecule has 1 aliphatic heterocycles. The third-order valence-electron chi connectivity index (χ3n) is 4.30. The van der Waals surface area contributed by atoms with E-state index in [9.17, 15) is 0 Å². The largest absolute Gasteiger partial charge is 0.379 e. The van der Waals surface area contributed by atoms with E-state index in [1.165, 1.54) is 5.56 Å². The SMILES string of the molecule is c1ccc([C@H](CN2CCOCC2)Nc2ncnc3ccsc23)cc1. The van der Waals surface area contributed by atoms with Gasteiger partial charge in [0, 0.05) is 19.6 Å². The highest BCUT2D eigenvalue weighted by Crippen LogP contribution is 2.28. The van der Waals surface area contributed by atoms with E-state index in [1.807, 2.05) is 6.07 Å². The van der Waals surface area contributed by atoms with Crippen molar-refractivity contribution in [1.29, 1.82) is 0 Å². The predicted molar refractivity (Wildman–Crippen MR) is 97.5 cm³/mol. The number of anilines is 1. The summed E-state index contributed by atoms with van der Waals surface area (Å²) >= 11 is 1.68. The number of thiophene rings is 1. The molecule has 24 heavy (non-hydrogen) atoms. The number of fused-ring (bicyclic) bond motifs is 1. The number of hydrogen-bond acceptors (Lipinski definition) is 6. The maximum absolute atomic E-state index is 5.47. The van der Waals surface area contributed by atoms with Crippen LogP contribution in [-0.4, -0.2) is 47.7 Å². The van der Waals surface area contributed by atoms with Crippen LogP contribution in [0.3, 0.4) is 0 Å². The van der Waals surface area contributed by atoms with Gasteiger partial charge in [-0.3, -0.25) is 4.90 Å². The van der Waals surface area contributed by atoms with E-state index in [0.717, 1.165) is 48.9 Å². The lowest BCUT2D eigenvalue weighted by Gasteiger charge is -2.31. The van der Waals surface area contributed by atoms with Gasteiger partial charge in [-0.25, -0.2) is 9.97 Å². The van der Waals surface area contributed by atoms with E-state index in [1.54, 1.807) is 17.7 Å². The van der Waals surface area contributed by atoms with Crippen molar-refractivity contribution in [3.63, 3.8) is 0 Å². The van der Waals surface area contributed by atoms with Gasteiger partial charge in [-0.15, -0.1) is 11.3 Å². The molecule has 1 atom stereocenters. The second-order valence-electron chi connectivity index (χ2n) is 5.88. The van der Waals surface area contributed by atoms with Crippen molar-refractivity contribution < 1.29 is 4.74 Å². The summed E-state index contributed by atoms with van der Waals surface area (Å²) < 4.78 is 6.58. The molecule has 5 nitrogen and oxygen atoms in total. The van der Waals surface area contributed by atoms with Gasteiger partial charge < -0.3 is 10.1 Å². The Balaban J connectivity index is 1.61. The molecule has 6 heteroatoms. The second kappa shape index (κ2) is 7.25. The van der Waals surface area contributed by atoms with E-state index in [-0.39, 0.29) is 6.04 Å². The number of nitrogens with zero attached hydrogens (tertiary/aromatic N) is 3. The molecule has 1 aromatic carbocycles. The van der Waals surface area contributed by atoms with Crippen molar-refractivity contribution in [3.05, 3.63) is 53.7 Å². The molecule has 4 rings (SSSR count). The fourth-order valence-corrected chi connectivity index (χ4v) is 3.82. The maximum Gasteiger partial charge on any atom is 0.147 e. The Morgan fingerprint density at radius 3 is 2.79 bits per heavy atom. The van der Waals surface area contributed by atoms with Crippen LogP contribution in [0.1, 0.15) is 11.6 Å². The van der Waals surface area contributed by atoms with Crippen LogP contribution in [0.2, 0.25) is 0 Å². The zero-order valence-electron chi connectivity index (χ0n) is 13.4. The normalized spacial score (nSPS) is 17.0. The van der Waals surface area contributed by atoms with Crippen LogP contribution < -0.4 is 5.32 Å². The lowest BCUT2D eigenvalue weighted by molar-refractivity contribution is 0.0361. The van der Waals surface area contributed by atoms with Gasteiger partial charge in [-0.2, -0.15) is 0 Å². The van der Waals surface area contributed by atoms with Crippen molar-refractivity contribution >= 4 is 27.4 Å². The Bertz CT molecular complexity index is 786. The molecule has 3 aromatic rings. The quantitative estimate of drug-likeness (QED) is 0.773. The summed E-state index contributed by atoms with van der Waals surface area (Å²) in [5.41, 5.74) is 2.27. The van der Waals surface area contributed by atoms with E-state index in [0.29, 0.717) is 0 Å². The zero-order chi connectivity index (χ0) is 16.2. The molecule has 0 unspecified atom stereocenters. The van der Waals surface area contributed by atoms with Gasteiger partial charge in [0.15, 0.2) is 0 Å². The van der Waals surface area contributed by atoms with Crippen LogP contribution >= 0.6 is 11.3 Å². The lowest BCUT2D eigenvalue weighted by atomic mass is 10.1. The highest BCUT2D eigenvalue weighted by molar-refractivity contribution is 7.17. The van der Waals surface area contributed by atoms with E-state index < -0.39 is 0 Å². The van der Waals surface area contributed by atoms with Crippen molar-refractivity contribution in [1.82, 2.24) is 14.9 Å². The van der Waals surface area contributed by atoms with Crippen LogP contribution in [0, 0.1) is 0 Å². The highest BCUT2D eigenvalue weighted by Gasteiger charge is 2.19. The Morgan fingerprint density at radius 2 is 1.96 bits per heavy atom. The fourth-order valence-electron chi connectivity index (χ4n) is 3.02. The fraction of sp³-hybridized carbons (Fsp3) is 0.333. The molecule has 0 amide bonds. The molecule has 1 N–H and O–H groups in total. The van der Waals surface area contributed by atoms with Gasteiger partial charge in [0.05, 0.1) is 29.5 Å². The predicted octanol–water partition coefficient (Wildman–Crippen LogP) is 3.18. The molecule has 0 spiro atoms. The summed E-state index contributed by atoms with van der Waals surface area (Å²) in [6, 6.07) is 12.8. The van der Waals surface area contributed by atoms with Crippen molar-refractivity contribution in [2.45, 2.75) is 6.04 Å². The first-order chi connectivity index (χ1) is 11.9. The van der Waals surface area contributed by atoms with Gasteiger partial charge in [-0.05, 0) is 17.0 Å². The zero-order valence-corrected chi connectivity index (χ0v) is 14.2. The monoisotopic (exact) mass is 340 g/mol. The Kier molecular flexibility index (Phi) is 4.69. The topological polar surface area (TPSA) is 50.3 Å². The van der Waals surface area contributed by atoms with Gasteiger partial charge in [0.25, 0.3) is 0 Å². The van der Waals surface area contributed by atoms with Crippen molar-refractivity contribution in [2.24, 2.45) is 0 Å². The average molecular weight is 340 g/mol. The third-order valence-corrected chi connectivity index (χ3v) is 5.21. The van der Waals surface area contributed by atoms with E-state index in [2.05, 4.69) is 55.9 Å². The van der Waals surface area contributed by atoms with Crippen molar-refractivity contribution in [3.8, 4) is 0 Å². The standard InChI is InChI=1S/C18H20N4OS/c1-2-4-14(5-3-1)16(12-22-7-9-23-10-8-22)21-18-17-15(6-11-24-17)19-13-20-18/h1-6,11,13,16H,7-10,12H2,(H,19,20,21)/t16-/m0/s1. The van der Waals surface area contributed by atoms with Gasteiger partial charge >= 0.3 is 0 Å². The molecular formula is C18H20N4OS. The minimum Gasteiger partial charge on any atom is -0.379 e. The molecule has 3 heterocycles. The molecular weight excluding hydrogens is 320 g/mol. The lowest BCUT2D eigenvalue weighted by Crippen LogP contribution is -2.40. The van der Waals surface area contributed by atoms with Crippen LogP contribution in [0.15, 0.2) is 48.1 Å². The molecule has 1 saturated heterocycles. The van der Waals surface area contributed by atoms with Crippen LogP contribution in [0.4, 0.5) is 5.82 Å². The maximum atomic E-state index is 5.47. The number of morpholine rings is 1. The first-order valence-corrected chi connectivity index (χ1v) is 9.08. The first-order valence-electron chi connectivity index (χ1n) is 8.20. The van der Waals surface area contributed by atoms with Crippen LogP contribution in [0.25, 0.3) is 10.2 Å². The smallest absolute Gasteiger partial charge is 0.147 e. The summed E-state index contributed by atoms with van der Waals surface area (Å²) in [5.74, 6) is 0.914. The number of rotatable bonds is 5. The summed E-state index contributed by atoms with van der Waals surface area (Å²) in [6.45, 7) is 4.50. The van der Waals surface area contributed by atoms with Crippen molar-refractivity contribution in [2.75, 3.05) is 38.2 Å².